The van der Waals surface area contributed by atoms with Crippen molar-refractivity contribution >= 4 is 72.0 Å². The monoisotopic (exact) mass is 882 g/mol. The van der Waals surface area contributed by atoms with E-state index in [9.17, 15) is 0 Å². The maximum absolute atomic E-state index is 6.55. The molecule has 0 spiro atoms. The summed E-state index contributed by atoms with van der Waals surface area (Å²) in [5.41, 5.74) is 20.8. The Bertz CT molecular complexity index is 3890. The highest BCUT2D eigenvalue weighted by atomic mass is 16.3. The lowest BCUT2D eigenvalue weighted by Gasteiger charge is -2.29. The zero-order valence-electron chi connectivity index (χ0n) is 38.0. The van der Waals surface area contributed by atoms with Gasteiger partial charge in [-0.25, -0.2) is 0 Å². The van der Waals surface area contributed by atoms with Crippen LogP contribution >= 0.6 is 0 Å². The largest absolute Gasteiger partial charge is 0.455 e. The van der Waals surface area contributed by atoms with Gasteiger partial charge < -0.3 is 13.9 Å². The number of rotatable bonds is 9. The highest BCUT2D eigenvalue weighted by Gasteiger charge is 2.22. The molecule has 0 radical (unpaired) electrons. The fourth-order valence-corrected chi connectivity index (χ4v) is 10.7. The van der Waals surface area contributed by atoms with Crippen LogP contribution in [0.2, 0.25) is 0 Å². The van der Waals surface area contributed by atoms with Gasteiger partial charge in [-0.05, 0) is 106 Å². The van der Waals surface area contributed by atoms with Gasteiger partial charge in [-0.15, -0.1) is 0 Å². The Morgan fingerprint density at radius 3 is 1.54 bits per heavy atom. The van der Waals surface area contributed by atoms with E-state index in [0.717, 1.165) is 85.3 Å². The van der Waals surface area contributed by atoms with Gasteiger partial charge in [0.2, 0.25) is 0 Å². The Labute approximate surface area is 401 Å². The number of hydrogen-bond acceptors (Lipinski definition) is 2. The second-order valence-electron chi connectivity index (χ2n) is 17.9. The van der Waals surface area contributed by atoms with Crippen LogP contribution < -0.4 is 4.90 Å². The molecule has 0 aliphatic heterocycles. The zero-order chi connectivity index (χ0) is 45.7. The van der Waals surface area contributed by atoms with Crippen LogP contribution in [-0.2, 0) is 0 Å². The van der Waals surface area contributed by atoms with E-state index in [4.69, 9.17) is 4.42 Å². The smallest absolute Gasteiger partial charge is 0.143 e. The van der Waals surface area contributed by atoms with Crippen molar-refractivity contribution in [2.45, 2.75) is 12.8 Å². The Morgan fingerprint density at radius 2 is 0.841 bits per heavy atom. The number of fused-ring (bicyclic) bond motifs is 6. The van der Waals surface area contributed by atoms with Crippen molar-refractivity contribution in [2.24, 2.45) is 0 Å². The first kappa shape index (κ1) is 40.4. The Morgan fingerprint density at radius 1 is 0.333 bits per heavy atom. The van der Waals surface area contributed by atoms with Crippen molar-refractivity contribution in [1.29, 1.82) is 0 Å². The van der Waals surface area contributed by atoms with Crippen LogP contribution in [0.5, 0.6) is 0 Å². The molecule has 0 saturated heterocycles. The van der Waals surface area contributed by atoms with Crippen molar-refractivity contribution in [2.75, 3.05) is 4.90 Å². The molecule has 0 N–H and O–H groups in total. The van der Waals surface area contributed by atoms with Crippen LogP contribution in [-0.4, -0.2) is 4.57 Å². The molecule has 1 aliphatic carbocycles. The highest BCUT2D eigenvalue weighted by Crippen LogP contribution is 2.45. The maximum Gasteiger partial charge on any atom is 0.143 e. The second-order valence-corrected chi connectivity index (χ2v) is 17.9. The average Bonchev–Trinajstić information content (AvgIpc) is 3.98. The molecule has 2 aromatic heterocycles. The van der Waals surface area contributed by atoms with Crippen molar-refractivity contribution in [3.05, 3.63) is 266 Å². The minimum Gasteiger partial charge on any atom is -0.455 e. The Kier molecular flexibility index (Phi) is 9.98. The third kappa shape index (κ3) is 7.06. The van der Waals surface area contributed by atoms with Gasteiger partial charge in [0.05, 0.1) is 22.4 Å². The lowest BCUT2D eigenvalue weighted by atomic mass is 9.89. The molecule has 12 aromatic rings. The van der Waals surface area contributed by atoms with E-state index in [2.05, 4.69) is 258 Å². The number of nitrogens with zero attached hydrogens (tertiary/aromatic N) is 2. The van der Waals surface area contributed by atoms with Crippen LogP contribution in [0.4, 0.5) is 17.1 Å². The van der Waals surface area contributed by atoms with E-state index in [-0.39, 0.29) is 0 Å². The van der Waals surface area contributed by atoms with Crippen molar-refractivity contribution in [3.63, 3.8) is 0 Å². The van der Waals surface area contributed by atoms with E-state index in [1.807, 2.05) is 6.07 Å². The van der Waals surface area contributed by atoms with Crippen molar-refractivity contribution in [3.8, 4) is 39.1 Å². The summed E-state index contributed by atoms with van der Waals surface area (Å²) in [6, 6.07) is 87.6. The van der Waals surface area contributed by atoms with Gasteiger partial charge in [0.1, 0.15) is 11.2 Å². The highest BCUT2D eigenvalue weighted by molar-refractivity contribution is 6.11. The van der Waals surface area contributed by atoms with E-state index in [0.29, 0.717) is 0 Å². The third-order valence-electron chi connectivity index (χ3n) is 14.0. The molecular weight excluding hydrogens is 837 g/mol. The molecule has 0 fully saturated rings. The summed E-state index contributed by atoms with van der Waals surface area (Å²) in [6.07, 6.45) is 6.59. The van der Waals surface area contributed by atoms with Gasteiger partial charge in [0.25, 0.3) is 0 Å². The van der Waals surface area contributed by atoms with Gasteiger partial charge in [0.15, 0.2) is 0 Å². The molecule has 0 bridgehead atoms. The molecule has 0 atom stereocenters. The lowest BCUT2D eigenvalue weighted by molar-refractivity contribution is 0.670. The summed E-state index contributed by atoms with van der Waals surface area (Å²) in [5.74, 6) is 0. The molecule has 2 heterocycles. The molecule has 3 heteroatoms. The number of allylic oxidation sites excluding steroid dienone is 4. The molecule has 13 rings (SSSR count). The van der Waals surface area contributed by atoms with E-state index < -0.39 is 0 Å². The molecule has 0 unspecified atom stereocenters. The number of anilines is 3. The number of furan rings is 1. The van der Waals surface area contributed by atoms with Crippen molar-refractivity contribution < 1.29 is 4.42 Å². The summed E-state index contributed by atoms with van der Waals surface area (Å²) < 4.78 is 8.97. The van der Waals surface area contributed by atoms with E-state index in [1.165, 1.54) is 49.6 Å². The molecule has 69 heavy (non-hydrogen) atoms. The average molecular weight is 883 g/mol. The molecule has 326 valence electrons. The van der Waals surface area contributed by atoms with Crippen LogP contribution in [0.25, 0.3) is 94.0 Å². The van der Waals surface area contributed by atoms with Crippen LogP contribution in [0.1, 0.15) is 24.0 Å². The van der Waals surface area contributed by atoms with Gasteiger partial charge in [-0.1, -0.05) is 200 Å². The Hall–Kier alpha value is -8.92. The molecule has 0 saturated carbocycles. The third-order valence-corrected chi connectivity index (χ3v) is 14.0. The zero-order valence-corrected chi connectivity index (χ0v) is 38.0. The fraction of sp³-hybridized carbons (Fsp3) is 0.0303. The summed E-state index contributed by atoms with van der Waals surface area (Å²) in [7, 11) is 0. The maximum atomic E-state index is 6.55. The number of benzene rings is 10. The molecular formula is C66H46N2O. The van der Waals surface area contributed by atoms with Crippen molar-refractivity contribution in [1.82, 2.24) is 4.57 Å². The first-order valence-corrected chi connectivity index (χ1v) is 23.9. The molecule has 3 nitrogen and oxygen atoms in total. The summed E-state index contributed by atoms with van der Waals surface area (Å²) in [5, 5.41) is 4.77. The fourth-order valence-electron chi connectivity index (χ4n) is 10.7. The summed E-state index contributed by atoms with van der Waals surface area (Å²) in [6.45, 7) is 0. The molecule has 1 aliphatic rings. The summed E-state index contributed by atoms with van der Waals surface area (Å²) >= 11 is 0. The van der Waals surface area contributed by atoms with Gasteiger partial charge in [-0.2, -0.15) is 0 Å². The number of aromatic nitrogens is 1. The quantitative estimate of drug-likeness (QED) is 0.144. The minimum absolute atomic E-state index is 0.902. The minimum atomic E-state index is 0.902. The summed E-state index contributed by atoms with van der Waals surface area (Å²) in [4.78, 5) is 2.43. The van der Waals surface area contributed by atoms with Gasteiger partial charge in [-0.3, -0.25) is 0 Å². The normalized spacial score (nSPS) is 12.7. The first-order valence-electron chi connectivity index (χ1n) is 23.9. The predicted octanol–water partition coefficient (Wildman–Crippen LogP) is 18.4. The SMILES string of the molecule is C1=C(c2ccccc2)CCC(c2ccccc2N(c2ccc(-c3ccccc3-c3cccc4c3oc3ccccc34)cc2)c2ccc(-c3ccccc3-n3c4ccccc4c4ccccc43)cc2)=C1. The predicted molar refractivity (Wildman–Crippen MR) is 291 cm³/mol. The van der Waals surface area contributed by atoms with Crippen LogP contribution in [0, 0.1) is 0 Å². The standard InChI is InChI=1S/C66H46N2O/c1-2-17-45(18-3-1)46-33-35-48(36-34-46)53-20-6-11-28-61(53)67(50-41-37-47(38-42-50)52-19-4-5-22-55(52)59-26-16-27-60-58-25-10-15-32-65(58)69-66(59)60)51-43-39-49(40-44-51)54-21-7-12-29-62(54)68-63-30-13-8-23-56(63)57-24-9-14-31-64(57)68/h1-33,35,37-44H,34,36H2. The topological polar surface area (TPSA) is 21.3 Å². The second kappa shape index (κ2) is 17.1. The lowest BCUT2D eigenvalue weighted by Crippen LogP contribution is -2.12. The van der Waals surface area contributed by atoms with E-state index in [1.54, 1.807) is 0 Å². The van der Waals surface area contributed by atoms with Gasteiger partial charge >= 0.3 is 0 Å². The van der Waals surface area contributed by atoms with E-state index >= 15 is 0 Å². The van der Waals surface area contributed by atoms with Gasteiger partial charge in [0, 0.05) is 49.6 Å². The van der Waals surface area contributed by atoms with Crippen LogP contribution in [0.3, 0.4) is 0 Å². The molecule has 10 aromatic carbocycles. The van der Waals surface area contributed by atoms with Crippen LogP contribution in [0.15, 0.2) is 259 Å². The number of para-hydroxylation sites is 6. The number of hydrogen-bond donors (Lipinski definition) is 0. The first-order chi connectivity index (χ1) is 34.2. The molecule has 0 amide bonds. The Balaban J connectivity index is 0.923.